The maximum Gasteiger partial charge on any atom is 0.328 e. The summed E-state index contributed by atoms with van der Waals surface area (Å²) in [5, 5.41) is 40.0. The van der Waals surface area contributed by atoms with Crippen molar-refractivity contribution in [1.82, 2.24) is 9.80 Å². The van der Waals surface area contributed by atoms with Gasteiger partial charge in [0, 0.05) is 63.4 Å². The first-order valence-electron chi connectivity index (χ1n) is 14.2. The van der Waals surface area contributed by atoms with Crippen molar-refractivity contribution in [2.24, 2.45) is 0 Å². The minimum Gasteiger partial charge on any atom is -0.481 e. The van der Waals surface area contributed by atoms with E-state index in [1.165, 1.54) is 12.1 Å². The molecule has 250 valence electrons. The zero-order chi connectivity index (χ0) is 34.3. The molecule has 13 nitrogen and oxygen atoms in total. The Labute approximate surface area is 265 Å². The van der Waals surface area contributed by atoms with Crippen LogP contribution in [-0.2, 0) is 28.7 Å². The topological polar surface area (TPSA) is 202 Å². The number of carboxylic acid groups (broad SMARTS) is 5. The molecule has 1 aliphatic heterocycles. The van der Waals surface area contributed by atoms with Crippen LogP contribution in [0.1, 0.15) is 36.5 Å². The summed E-state index contributed by atoms with van der Waals surface area (Å²) in [6, 6.07) is 16.6. The van der Waals surface area contributed by atoms with Crippen LogP contribution in [0.2, 0.25) is 0 Å². The molecule has 46 heavy (non-hydrogen) atoms. The largest absolute Gasteiger partial charge is 0.481 e. The summed E-state index contributed by atoms with van der Waals surface area (Å²) in [5.74, 6) is -5.99. The summed E-state index contributed by atoms with van der Waals surface area (Å²) >= 11 is 0. The molecule has 1 saturated heterocycles. The standard InChI is InChI=1S/C24H31FN2O3.2C4H4O4/c25-22-11-9-21(10-12-22)24(20-6-2-1-3-7-20)30-19-18-27-16-14-26(15-17-27)13-5-4-8-23(28)29;2*5-3(6)1-2-4(7)8/h1-3,6-7,9-12,24H,4-5,8,13-19H2,(H,28,29);2*1-2H,(H,5,6)(H,7,8)/b;2*2-1-. The van der Waals surface area contributed by atoms with Gasteiger partial charge in [-0.2, -0.15) is 0 Å². The number of ether oxygens (including phenoxy) is 1. The molecular weight excluding hydrogens is 607 g/mol. The smallest absolute Gasteiger partial charge is 0.328 e. The number of carbonyl (C=O) groups is 5. The lowest BCUT2D eigenvalue weighted by atomic mass is 10.0. The number of halogens is 1. The highest BCUT2D eigenvalue weighted by atomic mass is 19.1. The third-order valence-electron chi connectivity index (χ3n) is 6.28. The number of hydrogen-bond acceptors (Lipinski definition) is 8. The molecular formula is C32H39FN2O11. The van der Waals surface area contributed by atoms with E-state index < -0.39 is 29.8 Å². The zero-order valence-electron chi connectivity index (χ0n) is 25.1. The van der Waals surface area contributed by atoms with Crippen molar-refractivity contribution in [1.29, 1.82) is 0 Å². The van der Waals surface area contributed by atoms with E-state index in [1.807, 2.05) is 30.3 Å². The van der Waals surface area contributed by atoms with Crippen molar-refractivity contribution in [2.75, 3.05) is 45.9 Å². The predicted molar refractivity (Wildman–Crippen MR) is 164 cm³/mol. The summed E-state index contributed by atoms with van der Waals surface area (Å²) in [6.07, 6.45) is 3.96. The van der Waals surface area contributed by atoms with Crippen molar-refractivity contribution in [2.45, 2.75) is 25.4 Å². The van der Waals surface area contributed by atoms with Crippen LogP contribution in [0.4, 0.5) is 4.39 Å². The second-order valence-corrected chi connectivity index (χ2v) is 9.77. The molecule has 0 aromatic heterocycles. The molecule has 0 radical (unpaired) electrons. The number of benzene rings is 2. The fourth-order valence-electron chi connectivity index (χ4n) is 4.08. The van der Waals surface area contributed by atoms with Crippen LogP contribution >= 0.6 is 0 Å². The third-order valence-corrected chi connectivity index (χ3v) is 6.28. The minimum absolute atomic E-state index is 0.206. The number of aliphatic carboxylic acids is 5. The van der Waals surface area contributed by atoms with Gasteiger partial charge in [0.2, 0.25) is 0 Å². The molecule has 5 N–H and O–H groups in total. The van der Waals surface area contributed by atoms with Gasteiger partial charge in [-0.1, -0.05) is 42.5 Å². The number of nitrogens with zero attached hydrogens (tertiary/aromatic N) is 2. The van der Waals surface area contributed by atoms with Crippen molar-refractivity contribution >= 4 is 29.8 Å². The van der Waals surface area contributed by atoms with Crippen LogP contribution in [0.5, 0.6) is 0 Å². The molecule has 2 aromatic carbocycles. The summed E-state index contributed by atoms with van der Waals surface area (Å²) in [4.78, 5) is 53.6. The van der Waals surface area contributed by atoms with Gasteiger partial charge in [0.1, 0.15) is 11.9 Å². The van der Waals surface area contributed by atoms with Gasteiger partial charge in [-0.05, 0) is 42.6 Å². The van der Waals surface area contributed by atoms with Crippen molar-refractivity contribution < 1.29 is 58.6 Å². The summed E-state index contributed by atoms with van der Waals surface area (Å²) < 4.78 is 19.6. The van der Waals surface area contributed by atoms with Gasteiger partial charge in [0.05, 0.1) is 6.61 Å². The van der Waals surface area contributed by atoms with Crippen molar-refractivity contribution in [3.8, 4) is 0 Å². The van der Waals surface area contributed by atoms with Crippen LogP contribution in [-0.4, -0.2) is 111 Å². The Morgan fingerprint density at radius 2 is 1.09 bits per heavy atom. The number of piperazine rings is 1. The van der Waals surface area contributed by atoms with Gasteiger partial charge < -0.3 is 35.2 Å². The molecule has 1 aliphatic rings. The zero-order valence-corrected chi connectivity index (χ0v) is 25.1. The highest BCUT2D eigenvalue weighted by Crippen LogP contribution is 2.26. The fourth-order valence-corrected chi connectivity index (χ4v) is 4.08. The molecule has 0 bridgehead atoms. The Bertz CT molecular complexity index is 1230. The second-order valence-electron chi connectivity index (χ2n) is 9.77. The van der Waals surface area contributed by atoms with Crippen LogP contribution < -0.4 is 0 Å². The van der Waals surface area contributed by atoms with Gasteiger partial charge in [0.25, 0.3) is 0 Å². The molecule has 14 heteroatoms. The number of hydrogen-bond donors (Lipinski definition) is 5. The quantitative estimate of drug-likeness (QED) is 0.140. The van der Waals surface area contributed by atoms with E-state index >= 15 is 0 Å². The molecule has 3 rings (SSSR count). The molecule has 2 aromatic rings. The summed E-state index contributed by atoms with van der Waals surface area (Å²) in [5.41, 5.74) is 2.02. The average molecular weight is 647 g/mol. The first-order chi connectivity index (χ1) is 21.9. The molecule has 1 atom stereocenters. The number of rotatable bonds is 15. The van der Waals surface area contributed by atoms with E-state index in [-0.39, 0.29) is 18.3 Å². The van der Waals surface area contributed by atoms with Gasteiger partial charge in [-0.15, -0.1) is 0 Å². The first-order valence-corrected chi connectivity index (χ1v) is 14.2. The number of carboxylic acids is 5. The molecule has 0 saturated carbocycles. The molecule has 1 fully saturated rings. The molecule has 0 spiro atoms. The van der Waals surface area contributed by atoms with Crippen LogP contribution in [0, 0.1) is 5.82 Å². The molecule has 0 aliphatic carbocycles. The average Bonchev–Trinajstić information content (AvgIpc) is 3.02. The Morgan fingerprint density at radius 3 is 1.52 bits per heavy atom. The van der Waals surface area contributed by atoms with Gasteiger partial charge in [0.15, 0.2) is 0 Å². The van der Waals surface area contributed by atoms with E-state index in [4.69, 9.17) is 30.3 Å². The van der Waals surface area contributed by atoms with E-state index in [1.54, 1.807) is 12.1 Å². The number of unbranched alkanes of at least 4 members (excludes halogenated alkanes) is 1. The van der Waals surface area contributed by atoms with Crippen LogP contribution in [0.3, 0.4) is 0 Å². The van der Waals surface area contributed by atoms with E-state index in [0.717, 1.165) is 63.2 Å². The highest BCUT2D eigenvalue weighted by molar-refractivity contribution is 5.90. The Balaban J connectivity index is 0.000000545. The first kappa shape index (κ1) is 39.1. The lowest BCUT2D eigenvalue weighted by Crippen LogP contribution is -2.47. The third kappa shape index (κ3) is 19.4. The van der Waals surface area contributed by atoms with E-state index in [9.17, 15) is 28.4 Å². The summed E-state index contributed by atoms with van der Waals surface area (Å²) in [7, 11) is 0. The SMILES string of the molecule is O=C(O)/C=C\C(=O)O.O=C(O)/C=C\C(=O)O.O=C(O)CCCCN1CCN(CCOC(c2ccccc2)c2ccc(F)cc2)CC1. The van der Waals surface area contributed by atoms with E-state index in [0.29, 0.717) is 30.9 Å². The lowest BCUT2D eigenvalue weighted by Gasteiger charge is -2.34. The van der Waals surface area contributed by atoms with Gasteiger partial charge >= 0.3 is 29.8 Å². The predicted octanol–water partition coefficient (Wildman–Crippen LogP) is 3.23. The Kier molecular flexibility index (Phi) is 19.2. The van der Waals surface area contributed by atoms with Crippen LogP contribution in [0.15, 0.2) is 78.9 Å². The molecule has 1 heterocycles. The monoisotopic (exact) mass is 646 g/mol. The minimum atomic E-state index is -1.26. The lowest BCUT2D eigenvalue weighted by molar-refractivity contribution is -0.137. The second kappa shape index (κ2) is 22.6. The van der Waals surface area contributed by atoms with Crippen molar-refractivity contribution in [3.63, 3.8) is 0 Å². The van der Waals surface area contributed by atoms with Crippen LogP contribution in [0.25, 0.3) is 0 Å². The molecule has 1 unspecified atom stereocenters. The Hall–Kier alpha value is -4.92. The van der Waals surface area contributed by atoms with E-state index in [2.05, 4.69) is 9.80 Å². The maximum atomic E-state index is 13.3. The van der Waals surface area contributed by atoms with Crippen molar-refractivity contribution in [3.05, 3.63) is 95.8 Å². The van der Waals surface area contributed by atoms with Gasteiger partial charge in [-0.3, -0.25) is 9.69 Å². The molecule has 0 amide bonds. The van der Waals surface area contributed by atoms with Gasteiger partial charge in [-0.25, -0.2) is 23.6 Å². The highest BCUT2D eigenvalue weighted by Gasteiger charge is 2.19. The fraction of sp³-hybridized carbons (Fsp3) is 0.344. The normalized spacial score (nSPS) is 14.0. The Morgan fingerprint density at radius 1 is 0.652 bits per heavy atom. The maximum absolute atomic E-state index is 13.3. The summed E-state index contributed by atoms with van der Waals surface area (Å²) in [6.45, 7) is 6.44.